The number of rotatable bonds is 5. The van der Waals surface area contributed by atoms with E-state index in [0.717, 1.165) is 16.9 Å². The molecule has 0 saturated heterocycles. The van der Waals surface area contributed by atoms with Crippen LogP contribution in [0.5, 0.6) is 0 Å². The van der Waals surface area contributed by atoms with E-state index in [1.165, 1.54) is 6.20 Å². The molecule has 0 fully saturated rings. The summed E-state index contributed by atoms with van der Waals surface area (Å²) in [5.74, 6) is 0. The first kappa shape index (κ1) is 12.5. The van der Waals surface area contributed by atoms with Gasteiger partial charge in [0.15, 0.2) is 5.13 Å². The molecule has 1 atom stereocenters. The van der Waals surface area contributed by atoms with E-state index in [1.807, 2.05) is 30.3 Å². The summed E-state index contributed by atoms with van der Waals surface area (Å²) in [6, 6.07) is 9.18. The molecular weight excluding hydrogens is 254 g/mol. The highest BCUT2D eigenvalue weighted by Gasteiger charge is 2.12. The van der Waals surface area contributed by atoms with E-state index < -0.39 is 11.0 Å². The van der Waals surface area contributed by atoms with Gasteiger partial charge in [0.25, 0.3) is 0 Å². The minimum atomic E-state index is -0.672. The number of aliphatic hydroxyl groups excluding tert-OH is 1. The third-order valence-electron chi connectivity index (χ3n) is 2.30. The standard InChI is InChI=1S/C11H11N3O3S/c15-9(8-4-2-1-3-5-8)6-12-11-13-7-10(18-11)14(16)17/h1-5,7,9,15H,6H2,(H,12,13). The molecule has 2 rings (SSSR count). The smallest absolute Gasteiger partial charge is 0.345 e. The number of thiazole rings is 1. The number of nitro groups is 1. The number of hydrogen-bond donors (Lipinski definition) is 2. The number of nitrogens with zero attached hydrogens (tertiary/aromatic N) is 2. The van der Waals surface area contributed by atoms with Crippen molar-refractivity contribution in [2.24, 2.45) is 0 Å². The van der Waals surface area contributed by atoms with Crippen LogP contribution < -0.4 is 5.32 Å². The van der Waals surface area contributed by atoms with Crippen LogP contribution in [0.4, 0.5) is 10.1 Å². The van der Waals surface area contributed by atoms with Crippen molar-refractivity contribution in [2.45, 2.75) is 6.10 Å². The number of aliphatic hydroxyl groups is 1. The topological polar surface area (TPSA) is 88.3 Å². The monoisotopic (exact) mass is 265 g/mol. The molecule has 1 aromatic heterocycles. The average molecular weight is 265 g/mol. The van der Waals surface area contributed by atoms with Crippen LogP contribution in [0.1, 0.15) is 11.7 Å². The van der Waals surface area contributed by atoms with Crippen molar-refractivity contribution in [3.63, 3.8) is 0 Å². The molecule has 2 N–H and O–H groups in total. The summed E-state index contributed by atoms with van der Waals surface area (Å²) in [5.41, 5.74) is 0.788. The maximum Gasteiger partial charge on any atom is 0.345 e. The average Bonchev–Trinajstić information content (AvgIpc) is 2.86. The van der Waals surface area contributed by atoms with Crippen molar-refractivity contribution in [3.8, 4) is 0 Å². The lowest BCUT2D eigenvalue weighted by molar-refractivity contribution is -0.380. The van der Waals surface area contributed by atoms with Gasteiger partial charge in [-0.15, -0.1) is 0 Å². The quantitative estimate of drug-likeness (QED) is 0.639. The Labute approximate surface area is 107 Å². The summed E-state index contributed by atoms with van der Waals surface area (Å²) in [5, 5.41) is 23.6. The van der Waals surface area contributed by atoms with Crippen molar-refractivity contribution in [1.29, 1.82) is 0 Å². The lowest BCUT2D eigenvalue weighted by Gasteiger charge is -2.10. The number of aromatic nitrogens is 1. The molecule has 2 aromatic rings. The summed E-state index contributed by atoms with van der Waals surface area (Å²) in [6.07, 6.45) is 0.524. The summed E-state index contributed by atoms with van der Waals surface area (Å²) in [4.78, 5) is 13.8. The molecule has 1 aromatic carbocycles. The van der Waals surface area contributed by atoms with Crippen molar-refractivity contribution >= 4 is 21.5 Å². The molecule has 0 aliphatic carbocycles. The van der Waals surface area contributed by atoms with E-state index in [4.69, 9.17) is 0 Å². The van der Waals surface area contributed by atoms with E-state index in [-0.39, 0.29) is 11.5 Å². The van der Waals surface area contributed by atoms with Crippen molar-refractivity contribution in [2.75, 3.05) is 11.9 Å². The van der Waals surface area contributed by atoms with E-state index in [0.29, 0.717) is 5.13 Å². The summed E-state index contributed by atoms with van der Waals surface area (Å²) >= 11 is 0.946. The Balaban J connectivity index is 1.93. The first-order chi connectivity index (χ1) is 8.66. The van der Waals surface area contributed by atoms with Gasteiger partial charge in [-0.25, -0.2) is 4.98 Å². The molecule has 1 unspecified atom stereocenters. The van der Waals surface area contributed by atoms with Crippen LogP contribution in [0.3, 0.4) is 0 Å². The first-order valence-electron chi connectivity index (χ1n) is 5.24. The van der Waals surface area contributed by atoms with E-state index in [1.54, 1.807) is 0 Å². The fraction of sp³-hybridized carbons (Fsp3) is 0.182. The molecule has 6 nitrogen and oxygen atoms in total. The molecule has 18 heavy (non-hydrogen) atoms. The SMILES string of the molecule is O=[N+]([O-])c1cnc(NCC(O)c2ccccc2)s1. The van der Waals surface area contributed by atoms with Crippen LogP contribution in [0, 0.1) is 10.1 Å². The van der Waals surface area contributed by atoms with Crippen LogP contribution in [0.15, 0.2) is 36.5 Å². The number of anilines is 1. The van der Waals surface area contributed by atoms with Gasteiger partial charge in [-0.1, -0.05) is 30.3 Å². The fourth-order valence-electron chi connectivity index (χ4n) is 1.41. The Morgan fingerprint density at radius 3 is 2.78 bits per heavy atom. The maximum atomic E-state index is 10.5. The normalized spacial score (nSPS) is 12.1. The van der Waals surface area contributed by atoms with Gasteiger partial charge >= 0.3 is 5.00 Å². The van der Waals surface area contributed by atoms with Crippen molar-refractivity contribution < 1.29 is 10.0 Å². The molecule has 7 heteroatoms. The number of benzene rings is 1. The van der Waals surface area contributed by atoms with Gasteiger partial charge in [0.05, 0.1) is 11.0 Å². The van der Waals surface area contributed by atoms with Crippen LogP contribution in [0.25, 0.3) is 0 Å². The third kappa shape index (κ3) is 3.02. The van der Waals surface area contributed by atoms with Gasteiger partial charge in [0.2, 0.25) is 0 Å². The second-order valence-electron chi connectivity index (χ2n) is 3.57. The molecule has 0 aliphatic rings. The minimum absolute atomic E-state index is 0.0216. The largest absolute Gasteiger partial charge is 0.387 e. The van der Waals surface area contributed by atoms with Gasteiger partial charge in [-0.3, -0.25) is 10.1 Å². The number of hydrogen-bond acceptors (Lipinski definition) is 6. The molecule has 0 spiro atoms. The van der Waals surface area contributed by atoms with E-state index in [9.17, 15) is 15.2 Å². The summed E-state index contributed by atoms with van der Waals surface area (Å²) < 4.78 is 0. The van der Waals surface area contributed by atoms with Crippen LogP contribution in [0.2, 0.25) is 0 Å². The molecule has 94 valence electrons. The molecule has 0 saturated carbocycles. The first-order valence-corrected chi connectivity index (χ1v) is 6.05. The number of nitrogens with one attached hydrogen (secondary N) is 1. The minimum Gasteiger partial charge on any atom is -0.387 e. The second-order valence-corrected chi connectivity index (χ2v) is 4.58. The van der Waals surface area contributed by atoms with Gasteiger partial charge in [-0.2, -0.15) is 0 Å². The van der Waals surface area contributed by atoms with E-state index >= 15 is 0 Å². The zero-order chi connectivity index (χ0) is 13.0. The predicted octanol–water partition coefficient (Wildman–Crippen LogP) is 2.20. The van der Waals surface area contributed by atoms with Crippen LogP contribution in [-0.4, -0.2) is 21.6 Å². The second kappa shape index (κ2) is 5.56. The van der Waals surface area contributed by atoms with Gasteiger partial charge in [-0.05, 0) is 16.9 Å². The van der Waals surface area contributed by atoms with Crippen LogP contribution >= 0.6 is 11.3 Å². The Kier molecular flexibility index (Phi) is 3.85. The molecule has 1 heterocycles. The zero-order valence-electron chi connectivity index (χ0n) is 9.31. The summed E-state index contributed by atoms with van der Waals surface area (Å²) in [7, 11) is 0. The highest BCUT2D eigenvalue weighted by Crippen LogP contribution is 2.25. The Bertz CT molecular complexity index is 529. The molecular formula is C11H11N3O3S. The lowest BCUT2D eigenvalue weighted by atomic mass is 10.1. The van der Waals surface area contributed by atoms with Crippen molar-refractivity contribution in [3.05, 3.63) is 52.2 Å². The van der Waals surface area contributed by atoms with Crippen LogP contribution in [-0.2, 0) is 0 Å². The fourth-order valence-corrected chi connectivity index (χ4v) is 2.05. The molecule has 0 radical (unpaired) electrons. The zero-order valence-corrected chi connectivity index (χ0v) is 10.1. The summed E-state index contributed by atoms with van der Waals surface area (Å²) in [6.45, 7) is 0.259. The van der Waals surface area contributed by atoms with Crippen molar-refractivity contribution in [1.82, 2.24) is 4.98 Å². The highest BCUT2D eigenvalue weighted by atomic mass is 32.1. The predicted molar refractivity (Wildman–Crippen MR) is 68.7 cm³/mol. The maximum absolute atomic E-state index is 10.5. The van der Waals surface area contributed by atoms with Gasteiger partial charge in [0, 0.05) is 6.54 Å². The Morgan fingerprint density at radius 2 is 2.17 bits per heavy atom. The Morgan fingerprint density at radius 1 is 1.44 bits per heavy atom. The Hall–Kier alpha value is -1.99. The van der Waals surface area contributed by atoms with Gasteiger partial charge in [0.1, 0.15) is 6.20 Å². The molecule has 0 bridgehead atoms. The highest BCUT2D eigenvalue weighted by molar-refractivity contribution is 7.18. The third-order valence-corrected chi connectivity index (χ3v) is 3.21. The lowest BCUT2D eigenvalue weighted by Crippen LogP contribution is -2.11. The molecule has 0 aliphatic heterocycles. The van der Waals surface area contributed by atoms with Gasteiger partial charge < -0.3 is 10.4 Å². The van der Waals surface area contributed by atoms with E-state index in [2.05, 4.69) is 10.3 Å². The molecule has 0 amide bonds.